The van der Waals surface area contributed by atoms with Gasteiger partial charge in [-0.05, 0) is 51.0 Å². The second-order valence-corrected chi connectivity index (χ2v) is 9.27. The summed E-state index contributed by atoms with van der Waals surface area (Å²) in [4.78, 5) is 14.4. The maximum atomic E-state index is 13.1. The number of piperidine rings is 1. The number of hydrogen-bond donors (Lipinski definition) is 2. The number of nitrogens with one attached hydrogen (secondary N) is 1. The second-order valence-electron chi connectivity index (χ2n) is 9.27. The lowest BCUT2D eigenvalue weighted by atomic mass is 9.82. The van der Waals surface area contributed by atoms with Gasteiger partial charge >= 0.3 is 6.18 Å². The van der Waals surface area contributed by atoms with E-state index in [-0.39, 0.29) is 24.4 Å². The highest BCUT2D eigenvalue weighted by molar-refractivity contribution is 5.79. The number of nitrogens with zero attached hydrogens (tertiary/aromatic N) is 4. The quantitative estimate of drug-likeness (QED) is 0.727. The zero-order valence-electron chi connectivity index (χ0n) is 17.2. The third-order valence-corrected chi connectivity index (χ3v) is 6.75. The first kappa shape index (κ1) is 21.5. The van der Waals surface area contributed by atoms with Crippen LogP contribution in [-0.2, 0) is 10.5 Å². The van der Waals surface area contributed by atoms with E-state index >= 15 is 0 Å². The molecule has 1 aromatic heterocycles. The van der Waals surface area contributed by atoms with Crippen LogP contribution in [0.25, 0.3) is 0 Å². The first-order valence-electron chi connectivity index (χ1n) is 11.0. The van der Waals surface area contributed by atoms with Crippen molar-refractivity contribution in [3.8, 4) is 0 Å². The minimum Gasteiger partial charge on any atom is -0.347 e. The highest BCUT2D eigenvalue weighted by Gasteiger charge is 2.42. The molecule has 0 radical (unpaired) electrons. The van der Waals surface area contributed by atoms with Gasteiger partial charge in [-0.15, -0.1) is 5.10 Å². The molecule has 0 aromatic carbocycles. The third kappa shape index (κ3) is 5.14. The van der Waals surface area contributed by atoms with Crippen LogP contribution in [-0.4, -0.2) is 51.6 Å². The summed E-state index contributed by atoms with van der Waals surface area (Å²) in [7, 11) is 0. The van der Waals surface area contributed by atoms with Crippen molar-refractivity contribution >= 4 is 5.91 Å². The van der Waals surface area contributed by atoms with E-state index in [1.807, 2.05) is 6.20 Å². The van der Waals surface area contributed by atoms with Crippen LogP contribution in [0.2, 0.25) is 0 Å². The monoisotopic (exact) mass is 428 g/mol. The summed E-state index contributed by atoms with van der Waals surface area (Å²) >= 11 is 0. The van der Waals surface area contributed by atoms with Crippen LogP contribution < -0.4 is 11.1 Å². The Bertz CT molecular complexity index is 741. The molecule has 0 spiro atoms. The molecule has 1 unspecified atom stereocenters. The van der Waals surface area contributed by atoms with Crippen LogP contribution in [0, 0.1) is 11.8 Å². The van der Waals surface area contributed by atoms with E-state index in [2.05, 4.69) is 15.6 Å². The average Bonchev–Trinajstić information content (AvgIpc) is 3.26. The Labute approximate surface area is 174 Å². The number of alkyl halides is 3. The number of aromatic nitrogens is 3. The van der Waals surface area contributed by atoms with Gasteiger partial charge in [0.15, 0.2) is 0 Å². The fourth-order valence-electron chi connectivity index (χ4n) is 4.83. The van der Waals surface area contributed by atoms with Gasteiger partial charge in [-0.25, -0.2) is 4.68 Å². The lowest BCUT2D eigenvalue weighted by Crippen LogP contribution is -2.47. The first-order valence-corrected chi connectivity index (χ1v) is 11.0. The summed E-state index contributed by atoms with van der Waals surface area (Å²) in [6.45, 7) is -0.445. The normalized spacial score (nSPS) is 26.3. The van der Waals surface area contributed by atoms with Crippen LogP contribution in [0.5, 0.6) is 0 Å². The lowest BCUT2D eigenvalue weighted by Gasteiger charge is -2.35. The number of amides is 1. The summed E-state index contributed by atoms with van der Waals surface area (Å²) in [5.74, 6) is -0.358. The Morgan fingerprint density at radius 2 is 1.97 bits per heavy atom. The molecular formula is C20H31F3N6O. The molecule has 2 atom stereocenters. The standard InChI is InChI=1S/C20H31F3N6O/c21-20(22,23)13-28-10-4-7-15(11-28)18(30)25-17(14-5-2-1-3-6-14)16-12-29(27-26-16)19(24)8-9-19/h12,14-15,17H,1-11,13,24H2,(H,25,30)/t15?,17-/m0/s1. The van der Waals surface area contributed by atoms with Crippen molar-refractivity contribution in [3.63, 3.8) is 0 Å². The molecule has 3 aliphatic rings. The minimum atomic E-state index is -4.25. The number of nitrogens with two attached hydrogens (primary N) is 1. The molecule has 1 aliphatic heterocycles. The molecule has 0 bridgehead atoms. The van der Waals surface area contributed by atoms with E-state index in [0.29, 0.717) is 25.1 Å². The molecule has 4 rings (SSSR count). The van der Waals surface area contributed by atoms with Crippen LogP contribution in [0.15, 0.2) is 6.20 Å². The van der Waals surface area contributed by atoms with Gasteiger partial charge in [0.25, 0.3) is 0 Å². The zero-order chi connectivity index (χ0) is 21.4. The first-order chi connectivity index (χ1) is 14.2. The molecule has 7 nitrogen and oxygen atoms in total. The largest absolute Gasteiger partial charge is 0.401 e. The molecule has 3 fully saturated rings. The van der Waals surface area contributed by atoms with Gasteiger partial charge in [0.2, 0.25) is 5.91 Å². The van der Waals surface area contributed by atoms with Crippen molar-refractivity contribution in [2.45, 2.75) is 75.7 Å². The average molecular weight is 429 g/mol. The molecule has 2 saturated carbocycles. The second kappa shape index (κ2) is 8.45. The Morgan fingerprint density at radius 3 is 2.63 bits per heavy atom. The van der Waals surface area contributed by atoms with Crippen molar-refractivity contribution in [3.05, 3.63) is 11.9 Å². The van der Waals surface area contributed by atoms with Crippen molar-refractivity contribution in [2.75, 3.05) is 19.6 Å². The fraction of sp³-hybridized carbons (Fsp3) is 0.850. The Kier molecular flexibility index (Phi) is 6.07. The highest BCUT2D eigenvalue weighted by Crippen LogP contribution is 2.39. The molecule has 30 heavy (non-hydrogen) atoms. The van der Waals surface area contributed by atoms with Gasteiger partial charge in [0.05, 0.1) is 24.7 Å². The number of carbonyl (C=O) groups is 1. The number of likely N-dealkylation sites (tertiary alicyclic amines) is 1. The van der Waals surface area contributed by atoms with Crippen LogP contribution in [0.3, 0.4) is 0 Å². The topological polar surface area (TPSA) is 89.1 Å². The predicted octanol–water partition coefficient (Wildman–Crippen LogP) is 2.70. The van der Waals surface area contributed by atoms with Crippen LogP contribution in [0.4, 0.5) is 13.2 Å². The van der Waals surface area contributed by atoms with Gasteiger partial charge in [-0.3, -0.25) is 9.69 Å². The smallest absolute Gasteiger partial charge is 0.347 e. The number of halogens is 3. The van der Waals surface area contributed by atoms with Gasteiger partial charge in [0, 0.05) is 6.54 Å². The predicted molar refractivity (Wildman–Crippen MR) is 104 cm³/mol. The van der Waals surface area contributed by atoms with Crippen LogP contribution in [0.1, 0.15) is 69.5 Å². The maximum Gasteiger partial charge on any atom is 0.401 e. The van der Waals surface area contributed by atoms with Crippen LogP contribution >= 0.6 is 0 Å². The molecule has 168 valence electrons. The number of rotatable bonds is 6. The number of hydrogen-bond acceptors (Lipinski definition) is 5. The summed E-state index contributed by atoms with van der Waals surface area (Å²) < 4.78 is 40.0. The molecule has 1 saturated heterocycles. The molecule has 10 heteroatoms. The number of carbonyl (C=O) groups excluding carboxylic acids is 1. The van der Waals surface area contributed by atoms with Crippen molar-refractivity contribution in [2.24, 2.45) is 17.6 Å². The Hall–Kier alpha value is -1.68. The molecule has 2 aliphatic carbocycles. The van der Waals surface area contributed by atoms with E-state index in [1.54, 1.807) is 4.68 Å². The molecule has 1 amide bonds. The lowest BCUT2D eigenvalue weighted by molar-refractivity contribution is -0.152. The summed E-state index contributed by atoms with van der Waals surface area (Å²) in [6, 6.07) is -0.271. The third-order valence-electron chi connectivity index (χ3n) is 6.75. The maximum absolute atomic E-state index is 13.1. The molecule has 2 heterocycles. The van der Waals surface area contributed by atoms with Gasteiger partial charge in [-0.1, -0.05) is 24.5 Å². The zero-order valence-corrected chi connectivity index (χ0v) is 17.2. The summed E-state index contributed by atoms with van der Waals surface area (Å²) in [5, 5.41) is 11.7. The van der Waals surface area contributed by atoms with E-state index in [1.165, 1.54) is 11.3 Å². The van der Waals surface area contributed by atoms with E-state index in [9.17, 15) is 18.0 Å². The van der Waals surface area contributed by atoms with Crippen molar-refractivity contribution < 1.29 is 18.0 Å². The highest BCUT2D eigenvalue weighted by atomic mass is 19.4. The fourth-order valence-corrected chi connectivity index (χ4v) is 4.83. The molecule has 3 N–H and O–H groups in total. The van der Waals surface area contributed by atoms with Crippen molar-refractivity contribution in [1.82, 2.24) is 25.2 Å². The minimum absolute atomic E-state index is 0.140. The Balaban J connectivity index is 1.45. The van der Waals surface area contributed by atoms with Crippen molar-refractivity contribution in [1.29, 1.82) is 0 Å². The van der Waals surface area contributed by atoms with Gasteiger partial charge < -0.3 is 11.1 Å². The van der Waals surface area contributed by atoms with E-state index < -0.39 is 24.3 Å². The SMILES string of the molecule is NC1(n2cc([C@@H](NC(=O)C3CCCN(CC(F)(F)F)C3)C3CCCCC3)nn2)CC1. The summed E-state index contributed by atoms with van der Waals surface area (Å²) in [5.41, 5.74) is 6.46. The van der Waals surface area contributed by atoms with E-state index in [4.69, 9.17) is 5.73 Å². The van der Waals surface area contributed by atoms with Gasteiger partial charge in [0.1, 0.15) is 11.4 Å². The van der Waals surface area contributed by atoms with E-state index in [0.717, 1.165) is 38.5 Å². The Morgan fingerprint density at radius 1 is 1.23 bits per heavy atom. The molecule has 1 aromatic rings. The summed E-state index contributed by atoms with van der Waals surface area (Å²) in [6.07, 6.45) is 5.89. The van der Waals surface area contributed by atoms with Gasteiger partial charge in [-0.2, -0.15) is 13.2 Å². The molecular weight excluding hydrogens is 397 g/mol.